The number of rotatable bonds is 2. The quantitative estimate of drug-likeness (QED) is 0.910. The van der Waals surface area contributed by atoms with Gasteiger partial charge in [0.1, 0.15) is 4.21 Å². The Morgan fingerprint density at radius 2 is 2.10 bits per heavy atom. The van der Waals surface area contributed by atoms with E-state index in [2.05, 4.69) is 5.32 Å². The second kappa shape index (κ2) is 5.40. The lowest BCUT2D eigenvalue weighted by molar-refractivity contribution is 0.110. The molecule has 0 amide bonds. The molecule has 20 heavy (non-hydrogen) atoms. The van der Waals surface area contributed by atoms with Gasteiger partial charge in [-0.1, -0.05) is 0 Å². The largest absolute Gasteiger partial charge is 0.316 e. The zero-order chi connectivity index (χ0) is 14.2. The summed E-state index contributed by atoms with van der Waals surface area (Å²) in [6.45, 7) is 5.33. The Morgan fingerprint density at radius 3 is 2.75 bits per heavy atom. The van der Waals surface area contributed by atoms with Gasteiger partial charge in [-0.2, -0.15) is 4.31 Å². The van der Waals surface area contributed by atoms with Crippen LogP contribution in [0.2, 0.25) is 0 Å². The Labute approximate surface area is 125 Å². The summed E-state index contributed by atoms with van der Waals surface area (Å²) in [5.41, 5.74) is 0.163. The molecule has 1 spiro atoms. The summed E-state index contributed by atoms with van der Waals surface area (Å²) in [7, 11) is -3.29. The van der Waals surface area contributed by atoms with E-state index in [1.807, 2.05) is 13.0 Å². The molecule has 1 atom stereocenters. The number of piperidine rings is 2. The van der Waals surface area contributed by atoms with Crippen LogP contribution in [0.15, 0.2) is 16.3 Å². The van der Waals surface area contributed by atoms with Crippen LogP contribution >= 0.6 is 11.3 Å². The van der Waals surface area contributed by atoms with Gasteiger partial charge in [0.25, 0.3) is 10.0 Å². The van der Waals surface area contributed by atoms with Crippen LogP contribution in [0, 0.1) is 12.3 Å². The van der Waals surface area contributed by atoms with Crippen molar-refractivity contribution in [2.45, 2.75) is 36.8 Å². The fraction of sp³-hybridized carbons (Fsp3) is 0.714. The van der Waals surface area contributed by atoms with Crippen molar-refractivity contribution in [2.24, 2.45) is 5.41 Å². The van der Waals surface area contributed by atoms with E-state index in [4.69, 9.17) is 0 Å². The van der Waals surface area contributed by atoms with Crippen molar-refractivity contribution >= 4 is 21.4 Å². The highest BCUT2D eigenvalue weighted by molar-refractivity contribution is 7.91. The average Bonchev–Trinajstić information content (AvgIpc) is 2.87. The van der Waals surface area contributed by atoms with Crippen molar-refractivity contribution in [1.29, 1.82) is 0 Å². The summed E-state index contributed by atoms with van der Waals surface area (Å²) in [6.07, 6.45) is 4.43. The number of nitrogens with one attached hydrogen (secondary N) is 1. The van der Waals surface area contributed by atoms with E-state index in [1.165, 1.54) is 11.3 Å². The molecule has 1 N–H and O–H groups in total. The highest BCUT2D eigenvalue weighted by atomic mass is 32.2. The minimum atomic E-state index is -3.29. The number of aryl methyl sites for hydroxylation is 1. The zero-order valence-corrected chi connectivity index (χ0v) is 13.5. The van der Waals surface area contributed by atoms with Crippen LogP contribution in [0.1, 0.15) is 30.6 Å². The lowest BCUT2D eigenvalue weighted by Gasteiger charge is -2.44. The molecule has 6 heteroatoms. The standard InChI is InChI=1S/C14H22N2O2S2/c1-12-4-5-13(19-12)20(17,18)16-9-3-7-14(11-16)6-2-8-15-10-14/h4-5,15H,2-3,6-11H2,1H3. The molecule has 1 aromatic rings. The number of nitrogens with zero attached hydrogens (tertiary/aromatic N) is 1. The van der Waals surface area contributed by atoms with Gasteiger partial charge in [0.05, 0.1) is 0 Å². The SMILES string of the molecule is Cc1ccc(S(=O)(=O)N2CCCC3(CCCNC3)C2)s1. The van der Waals surface area contributed by atoms with Gasteiger partial charge in [0, 0.05) is 24.5 Å². The summed E-state index contributed by atoms with van der Waals surface area (Å²) in [4.78, 5) is 1.05. The maximum absolute atomic E-state index is 12.7. The molecule has 112 valence electrons. The summed E-state index contributed by atoms with van der Waals surface area (Å²) in [6, 6.07) is 3.63. The van der Waals surface area contributed by atoms with Gasteiger partial charge in [-0.25, -0.2) is 8.42 Å². The zero-order valence-electron chi connectivity index (χ0n) is 11.9. The first-order valence-corrected chi connectivity index (χ1v) is 9.55. The average molecular weight is 314 g/mol. The van der Waals surface area contributed by atoms with Gasteiger partial charge in [0.2, 0.25) is 0 Å². The highest BCUT2D eigenvalue weighted by Crippen LogP contribution is 2.38. The number of thiophene rings is 1. The van der Waals surface area contributed by atoms with Gasteiger partial charge < -0.3 is 5.32 Å². The van der Waals surface area contributed by atoms with E-state index in [9.17, 15) is 8.42 Å². The Bertz CT molecular complexity index is 568. The topological polar surface area (TPSA) is 49.4 Å². The number of sulfonamides is 1. The second-order valence-corrected chi connectivity index (χ2v) is 9.54. The fourth-order valence-corrected chi connectivity index (χ4v) is 6.45. The van der Waals surface area contributed by atoms with Crippen molar-refractivity contribution in [3.05, 3.63) is 17.0 Å². The van der Waals surface area contributed by atoms with E-state index in [0.29, 0.717) is 17.3 Å². The van der Waals surface area contributed by atoms with Crippen molar-refractivity contribution in [1.82, 2.24) is 9.62 Å². The molecule has 0 saturated carbocycles. The van der Waals surface area contributed by atoms with Crippen LogP contribution in [0.25, 0.3) is 0 Å². The Hall–Kier alpha value is -0.430. The predicted molar refractivity (Wildman–Crippen MR) is 81.6 cm³/mol. The van der Waals surface area contributed by atoms with Crippen LogP contribution in [-0.4, -0.2) is 38.9 Å². The van der Waals surface area contributed by atoms with Crippen molar-refractivity contribution in [2.75, 3.05) is 26.2 Å². The minimum Gasteiger partial charge on any atom is -0.316 e. The first kappa shape index (κ1) is 14.5. The van der Waals surface area contributed by atoms with Gasteiger partial charge in [-0.15, -0.1) is 11.3 Å². The van der Waals surface area contributed by atoms with E-state index in [1.54, 1.807) is 10.4 Å². The molecule has 0 radical (unpaired) electrons. The summed E-state index contributed by atoms with van der Waals surface area (Å²) >= 11 is 1.38. The third kappa shape index (κ3) is 2.66. The van der Waals surface area contributed by atoms with Crippen molar-refractivity contribution in [3.63, 3.8) is 0 Å². The van der Waals surface area contributed by atoms with E-state index < -0.39 is 10.0 Å². The molecule has 0 aliphatic carbocycles. The highest BCUT2D eigenvalue weighted by Gasteiger charge is 2.40. The predicted octanol–water partition coefficient (Wildman–Crippen LogP) is 2.21. The van der Waals surface area contributed by atoms with Crippen LogP contribution < -0.4 is 5.32 Å². The molecule has 1 unspecified atom stereocenters. The molecule has 3 heterocycles. The van der Waals surface area contributed by atoms with E-state index in [0.717, 1.165) is 43.6 Å². The molecule has 3 rings (SSSR count). The monoisotopic (exact) mass is 314 g/mol. The smallest absolute Gasteiger partial charge is 0.252 e. The van der Waals surface area contributed by atoms with Gasteiger partial charge in [-0.3, -0.25) is 0 Å². The summed E-state index contributed by atoms with van der Waals surface area (Å²) in [5.74, 6) is 0. The first-order valence-electron chi connectivity index (χ1n) is 7.29. The lowest BCUT2D eigenvalue weighted by Crippen LogP contribution is -2.52. The number of hydrogen-bond donors (Lipinski definition) is 1. The first-order chi connectivity index (χ1) is 9.52. The molecular weight excluding hydrogens is 292 g/mol. The fourth-order valence-electron chi connectivity index (χ4n) is 3.42. The Kier molecular flexibility index (Phi) is 3.92. The van der Waals surface area contributed by atoms with E-state index >= 15 is 0 Å². The molecule has 0 aromatic carbocycles. The lowest BCUT2D eigenvalue weighted by atomic mass is 9.75. The maximum atomic E-state index is 12.7. The van der Waals surface area contributed by atoms with Crippen molar-refractivity contribution < 1.29 is 8.42 Å². The molecule has 2 fully saturated rings. The van der Waals surface area contributed by atoms with Gasteiger partial charge in [-0.05, 0) is 56.7 Å². The third-order valence-corrected chi connectivity index (χ3v) is 7.81. The van der Waals surface area contributed by atoms with Gasteiger partial charge in [0.15, 0.2) is 0 Å². The summed E-state index contributed by atoms with van der Waals surface area (Å²) in [5, 5.41) is 3.44. The second-order valence-electron chi connectivity index (χ2n) is 6.09. The van der Waals surface area contributed by atoms with Crippen LogP contribution in [0.3, 0.4) is 0 Å². The molecule has 2 saturated heterocycles. The molecule has 2 aliphatic rings. The summed E-state index contributed by atoms with van der Waals surface area (Å²) < 4.78 is 27.7. The van der Waals surface area contributed by atoms with Crippen LogP contribution in [0.4, 0.5) is 0 Å². The number of hydrogen-bond acceptors (Lipinski definition) is 4. The third-order valence-electron chi connectivity index (χ3n) is 4.50. The van der Waals surface area contributed by atoms with E-state index in [-0.39, 0.29) is 5.41 Å². The molecule has 1 aromatic heterocycles. The maximum Gasteiger partial charge on any atom is 0.252 e. The minimum absolute atomic E-state index is 0.163. The normalized spacial score (nSPS) is 28.9. The molecule has 4 nitrogen and oxygen atoms in total. The molecular formula is C14H22N2O2S2. The Balaban J connectivity index is 1.83. The molecule has 0 bridgehead atoms. The molecule has 2 aliphatic heterocycles. The Morgan fingerprint density at radius 1 is 1.30 bits per heavy atom. The van der Waals surface area contributed by atoms with Crippen LogP contribution in [-0.2, 0) is 10.0 Å². The van der Waals surface area contributed by atoms with Crippen LogP contribution in [0.5, 0.6) is 0 Å². The van der Waals surface area contributed by atoms with Crippen molar-refractivity contribution in [3.8, 4) is 0 Å². The van der Waals surface area contributed by atoms with Gasteiger partial charge >= 0.3 is 0 Å².